The van der Waals surface area contributed by atoms with Crippen LogP contribution in [0.5, 0.6) is 5.88 Å². The molecule has 1 rings (SSSR count). The van der Waals surface area contributed by atoms with E-state index in [1.165, 1.54) is 7.11 Å². The van der Waals surface area contributed by atoms with Gasteiger partial charge in [-0.3, -0.25) is 10.1 Å². The molecule has 82 valence electrons. The Morgan fingerprint density at radius 2 is 2.40 bits per heavy atom. The zero-order chi connectivity index (χ0) is 11.3. The summed E-state index contributed by atoms with van der Waals surface area (Å²) in [6, 6.07) is 0. The number of nitro groups is 1. The molecule has 0 aliphatic heterocycles. The fourth-order valence-electron chi connectivity index (χ4n) is 0.980. The van der Waals surface area contributed by atoms with Gasteiger partial charge in [-0.05, 0) is 0 Å². The number of rotatable bonds is 5. The summed E-state index contributed by atoms with van der Waals surface area (Å²) in [5.74, 6) is -0.0867. The van der Waals surface area contributed by atoms with Crippen molar-refractivity contribution in [3.8, 4) is 5.88 Å². The molecule has 0 aromatic carbocycles. The first kappa shape index (κ1) is 11.1. The quantitative estimate of drug-likeness (QED) is 0.515. The van der Waals surface area contributed by atoms with Crippen molar-refractivity contribution in [2.45, 2.75) is 0 Å². The van der Waals surface area contributed by atoms with Crippen LogP contribution in [0.25, 0.3) is 0 Å². The second-order valence-corrected chi connectivity index (χ2v) is 2.49. The van der Waals surface area contributed by atoms with Crippen molar-refractivity contribution < 1.29 is 14.8 Å². The highest BCUT2D eigenvalue weighted by molar-refractivity contribution is 5.60. The summed E-state index contributed by atoms with van der Waals surface area (Å²) in [5.41, 5.74) is -0.339. The van der Waals surface area contributed by atoms with Crippen LogP contribution in [0.3, 0.4) is 0 Å². The fraction of sp³-hybridized carbons (Fsp3) is 0.429. The summed E-state index contributed by atoms with van der Waals surface area (Å²) in [7, 11) is 1.28. The lowest BCUT2D eigenvalue weighted by atomic mass is 10.4. The number of hydrogen-bond acceptors (Lipinski definition) is 7. The van der Waals surface area contributed by atoms with Gasteiger partial charge in [-0.15, -0.1) is 0 Å². The number of nitrogens with one attached hydrogen (secondary N) is 1. The van der Waals surface area contributed by atoms with E-state index in [2.05, 4.69) is 15.3 Å². The Morgan fingerprint density at radius 3 is 2.93 bits per heavy atom. The van der Waals surface area contributed by atoms with E-state index in [9.17, 15) is 10.1 Å². The minimum absolute atomic E-state index is 0.0286. The van der Waals surface area contributed by atoms with Crippen LogP contribution in [0.4, 0.5) is 11.5 Å². The SMILES string of the molecule is COc1ncnc(NCCO)c1[N+](=O)[O-]. The Kier molecular flexibility index (Phi) is 3.75. The first-order valence-electron chi connectivity index (χ1n) is 4.08. The number of aliphatic hydroxyl groups is 1. The highest BCUT2D eigenvalue weighted by Gasteiger charge is 2.23. The minimum atomic E-state index is -0.640. The summed E-state index contributed by atoms with van der Waals surface area (Å²) in [6.07, 6.45) is 1.14. The molecule has 1 heterocycles. The van der Waals surface area contributed by atoms with Gasteiger partial charge >= 0.3 is 5.69 Å². The molecule has 0 amide bonds. The highest BCUT2D eigenvalue weighted by atomic mass is 16.6. The zero-order valence-electron chi connectivity index (χ0n) is 8.01. The maximum Gasteiger partial charge on any atom is 0.372 e. The summed E-state index contributed by atoms with van der Waals surface area (Å²) in [5, 5.41) is 21.9. The highest BCUT2D eigenvalue weighted by Crippen LogP contribution is 2.29. The van der Waals surface area contributed by atoms with Gasteiger partial charge < -0.3 is 15.2 Å². The van der Waals surface area contributed by atoms with Gasteiger partial charge in [0, 0.05) is 6.54 Å². The van der Waals surface area contributed by atoms with Crippen molar-refractivity contribution in [2.24, 2.45) is 0 Å². The van der Waals surface area contributed by atoms with E-state index in [0.717, 1.165) is 6.33 Å². The van der Waals surface area contributed by atoms with Gasteiger partial charge in [-0.25, -0.2) is 4.98 Å². The van der Waals surface area contributed by atoms with Crippen LogP contribution in [-0.4, -0.2) is 40.3 Å². The molecule has 1 aromatic heterocycles. The lowest BCUT2D eigenvalue weighted by molar-refractivity contribution is -0.385. The molecule has 1 aromatic rings. The topological polar surface area (TPSA) is 110 Å². The molecule has 15 heavy (non-hydrogen) atoms. The largest absolute Gasteiger partial charge is 0.476 e. The standard InChI is InChI=1S/C7H10N4O4/c1-15-7-5(11(13)14)6(8-2-3-12)9-4-10-7/h4,12H,2-3H2,1H3,(H,8,9,10). The summed E-state index contributed by atoms with van der Waals surface area (Å²) < 4.78 is 4.73. The van der Waals surface area contributed by atoms with Crippen LogP contribution in [0, 0.1) is 10.1 Å². The second kappa shape index (κ2) is 5.05. The van der Waals surface area contributed by atoms with E-state index in [1.54, 1.807) is 0 Å². The first-order chi connectivity index (χ1) is 7.20. The molecule has 0 unspecified atom stereocenters. The first-order valence-corrected chi connectivity index (χ1v) is 4.08. The van der Waals surface area contributed by atoms with Crippen molar-refractivity contribution in [1.82, 2.24) is 9.97 Å². The molecule has 8 nitrogen and oxygen atoms in total. The molecule has 0 aliphatic carbocycles. The predicted molar refractivity (Wildman–Crippen MR) is 50.8 cm³/mol. The van der Waals surface area contributed by atoms with Gasteiger partial charge in [-0.2, -0.15) is 4.98 Å². The van der Waals surface area contributed by atoms with Crippen LogP contribution in [0.15, 0.2) is 6.33 Å². The monoisotopic (exact) mass is 214 g/mol. The number of ether oxygens (including phenoxy) is 1. The molecule has 0 aliphatic rings. The van der Waals surface area contributed by atoms with Crippen molar-refractivity contribution in [2.75, 3.05) is 25.6 Å². The maximum atomic E-state index is 10.7. The molecule has 8 heteroatoms. The Bertz CT molecular complexity index is 357. The third kappa shape index (κ3) is 2.50. The number of methoxy groups -OCH3 is 1. The van der Waals surface area contributed by atoms with Crippen molar-refractivity contribution in [1.29, 1.82) is 0 Å². The van der Waals surface area contributed by atoms with Gasteiger partial charge in [0.15, 0.2) is 0 Å². The molecule has 0 saturated carbocycles. The molecule has 0 bridgehead atoms. The van der Waals surface area contributed by atoms with Crippen molar-refractivity contribution in [3.63, 3.8) is 0 Å². The third-order valence-electron chi connectivity index (χ3n) is 1.57. The van der Waals surface area contributed by atoms with E-state index < -0.39 is 4.92 Å². The molecule has 2 N–H and O–H groups in total. The van der Waals surface area contributed by atoms with Gasteiger partial charge in [0.1, 0.15) is 6.33 Å². The number of anilines is 1. The van der Waals surface area contributed by atoms with Crippen LogP contribution in [0.1, 0.15) is 0 Å². The smallest absolute Gasteiger partial charge is 0.372 e. The average Bonchev–Trinajstić information content (AvgIpc) is 2.25. The molecule has 0 fully saturated rings. The molecular formula is C7H10N4O4. The Morgan fingerprint density at radius 1 is 1.67 bits per heavy atom. The minimum Gasteiger partial charge on any atom is -0.476 e. The molecule has 0 saturated heterocycles. The van der Waals surface area contributed by atoms with E-state index in [4.69, 9.17) is 9.84 Å². The molecule has 0 radical (unpaired) electrons. The number of hydrogen-bond donors (Lipinski definition) is 2. The van der Waals surface area contributed by atoms with Crippen LogP contribution in [0.2, 0.25) is 0 Å². The summed E-state index contributed by atoms with van der Waals surface area (Å²) >= 11 is 0. The fourth-order valence-corrected chi connectivity index (χ4v) is 0.980. The zero-order valence-corrected chi connectivity index (χ0v) is 8.01. The van der Waals surface area contributed by atoms with Crippen LogP contribution >= 0.6 is 0 Å². The molecular weight excluding hydrogens is 204 g/mol. The molecule has 0 spiro atoms. The van der Waals surface area contributed by atoms with Crippen molar-refractivity contribution in [3.05, 3.63) is 16.4 Å². The van der Waals surface area contributed by atoms with Gasteiger partial charge in [-0.1, -0.05) is 0 Å². The van der Waals surface area contributed by atoms with Crippen molar-refractivity contribution >= 4 is 11.5 Å². The Hall–Kier alpha value is -1.96. The maximum absolute atomic E-state index is 10.7. The predicted octanol–water partition coefficient (Wildman–Crippen LogP) is -0.202. The van der Waals surface area contributed by atoms with Gasteiger partial charge in [0.25, 0.3) is 5.88 Å². The molecule has 0 atom stereocenters. The van der Waals surface area contributed by atoms with Crippen LogP contribution in [-0.2, 0) is 0 Å². The Balaban J connectivity index is 3.07. The third-order valence-corrected chi connectivity index (χ3v) is 1.57. The number of aromatic nitrogens is 2. The van der Waals surface area contributed by atoms with E-state index in [-0.39, 0.29) is 30.5 Å². The van der Waals surface area contributed by atoms with E-state index in [1.807, 2.05) is 0 Å². The van der Waals surface area contributed by atoms with Gasteiger partial charge in [0.2, 0.25) is 5.82 Å². The van der Waals surface area contributed by atoms with E-state index in [0.29, 0.717) is 0 Å². The van der Waals surface area contributed by atoms with Gasteiger partial charge in [0.05, 0.1) is 18.6 Å². The second-order valence-electron chi connectivity index (χ2n) is 2.49. The lowest BCUT2D eigenvalue weighted by Crippen LogP contribution is -2.10. The average molecular weight is 214 g/mol. The lowest BCUT2D eigenvalue weighted by Gasteiger charge is -2.05. The summed E-state index contributed by atoms with van der Waals surface area (Å²) in [4.78, 5) is 17.4. The van der Waals surface area contributed by atoms with E-state index >= 15 is 0 Å². The van der Waals surface area contributed by atoms with Crippen LogP contribution < -0.4 is 10.1 Å². The Labute approximate surface area is 85.1 Å². The summed E-state index contributed by atoms with van der Waals surface area (Å²) in [6.45, 7) is 0.0183. The number of nitrogens with zero attached hydrogens (tertiary/aromatic N) is 3. The normalized spacial score (nSPS) is 9.73. The number of aliphatic hydroxyl groups excluding tert-OH is 1.